The van der Waals surface area contributed by atoms with Crippen molar-refractivity contribution >= 4 is 23.6 Å². The van der Waals surface area contributed by atoms with Gasteiger partial charge in [0.2, 0.25) is 5.91 Å². The summed E-state index contributed by atoms with van der Waals surface area (Å²) in [6, 6.07) is 4.59. The normalized spacial score (nSPS) is 17.6. The van der Waals surface area contributed by atoms with E-state index in [2.05, 4.69) is 16.0 Å². The minimum atomic E-state index is -0.399. The van der Waals surface area contributed by atoms with Crippen LogP contribution in [0.2, 0.25) is 0 Å². The predicted octanol–water partition coefficient (Wildman–Crippen LogP) is 1.08. The van der Waals surface area contributed by atoms with Crippen LogP contribution in [0.4, 0.5) is 4.39 Å². The lowest BCUT2D eigenvalue weighted by Crippen LogP contribution is -2.42. The zero-order valence-corrected chi connectivity index (χ0v) is 14.0. The summed E-state index contributed by atoms with van der Waals surface area (Å²) in [5, 5.41) is 8.75. The van der Waals surface area contributed by atoms with E-state index in [4.69, 9.17) is 0 Å². The highest BCUT2D eigenvalue weighted by Gasteiger charge is 2.16. The third-order valence-corrected chi connectivity index (χ3v) is 4.73. The third-order valence-electron chi connectivity index (χ3n) is 3.60. The van der Waals surface area contributed by atoms with Gasteiger partial charge >= 0.3 is 0 Å². The van der Waals surface area contributed by atoms with Crippen LogP contribution in [0, 0.1) is 12.7 Å². The van der Waals surface area contributed by atoms with E-state index in [9.17, 15) is 14.0 Å². The summed E-state index contributed by atoms with van der Waals surface area (Å²) >= 11 is 1.85. The van der Waals surface area contributed by atoms with Crippen molar-refractivity contribution in [3.05, 3.63) is 35.1 Å². The van der Waals surface area contributed by atoms with Crippen molar-refractivity contribution in [1.82, 2.24) is 16.0 Å². The van der Waals surface area contributed by atoms with Crippen LogP contribution in [-0.4, -0.2) is 49.0 Å². The Morgan fingerprint density at radius 3 is 2.83 bits per heavy atom. The van der Waals surface area contributed by atoms with Gasteiger partial charge in [0.25, 0.3) is 5.91 Å². The Bertz CT molecular complexity index is 562. The Balaban J connectivity index is 1.65. The van der Waals surface area contributed by atoms with Gasteiger partial charge in [-0.3, -0.25) is 9.59 Å². The predicted molar refractivity (Wildman–Crippen MR) is 90.2 cm³/mol. The van der Waals surface area contributed by atoms with Gasteiger partial charge < -0.3 is 16.0 Å². The largest absolute Gasteiger partial charge is 0.354 e. The van der Waals surface area contributed by atoms with Crippen molar-refractivity contribution in [1.29, 1.82) is 0 Å². The summed E-state index contributed by atoms with van der Waals surface area (Å²) < 4.78 is 13.4. The Morgan fingerprint density at radius 2 is 2.13 bits per heavy atom. The van der Waals surface area contributed by atoms with Gasteiger partial charge in [0.15, 0.2) is 0 Å². The minimum absolute atomic E-state index is 0.0272. The molecule has 1 aromatic rings. The van der Waals surface area contributed by atoms with Crippen molar-refractivity contribution in [3.8, 4) is 0 Å². The summed E-state index contributed by atoms with van der Waals surface area (Å²) in [4.78, 5) is 23.7. The summed E-state index contributed by atoms with van der Waals surface area (Å²) in [6.07, 6.45) is 0.449. The fourth-order valence-electron chi connectivity index (χ4n) is 2.26. The van der Waals surface area contributed by atoms with Crippen molar-refractivity contribution in [2.75, 3.05) is 31.1 Å². The van der Waals surface area contributed by atoms with Gasteiger partial charge in [-0.25, -0.2) is 4.39 Å². The quantitative estimate of drug-likeness (QED) is 0.678. The van der Waals surface area contributed by atoms with E-state index in [1.165, 1.54) is 6.07 Å². The van der Waals surface area contributed by atoms with Crippen LogP contribution in [-0.2, 0) is 4.79 Å². The zero-order valence-electron chi connectivity index (χ0n) is 13.2. The van der Waals surface area contributed by atoms with Gasteiger partial charge in [-0.2, -0.15) is 11.8 Å². The smallest absolute Gasteiger partial charge is 0.251 e. The molecule has 0 aromatic heterocycles. The van der Waals surface area contributed by atoms with E-state index >= 15 is 0 Å². The van der Waals surface area contributed by atoms with Crippen LogP contribution >= 0.6 is 11.8 Å². The van der Waals surface area contributed by atoms with Crippen LogP contribution < -0.4 is 16.0 Å². The highest BCUT2D eigenvalue weighted by molar-refractivity contribution is 7.99. The first kappa shape index (κ1) is 17.7. The summed E-state index contributed by atoms with van der Waals surface area (Å²) in [7, 11) is 0. The Morgan fingerprint density at radius 1 is 1.35 bits per heavy atom. The molecule has 2 rings (SSSR count). The Hall–Kier alpha value is -1.60. The summed E-state index contributed by atoms with van der Waals surface area (Å²) in [6.45, 7) is 3.25. The number of amides is 2. The van der Waals surface area contributed by atoms with Crippen LogP contribution in [0.5, 0.6) is 0 Å². The fourth-order valence-corrected chi connectivity index (χ4v) is 3.21. The topological polar surface area (TPSA) is 70.2 Å². The number of rotatable bonds is 6. The monoisotopic (exact) mass is 339 g/mol. The van der Waals surface area contributed by atoms with E-state index < -0.39 is 5.82 Å². The number of thioether (sulfide) groups is 1. The molecule has 1 aromatic carbocycles. The molecule has 7 heteroatoms. The maximum Gasteiger partial charge on any atom is 0.251 e. The molecule has 1 aliphatic heterocycles. The molecule has 1 heterocycles. The van der Waals surface area contributed by atoms with Crippen molar-refractivity contribution < 1.29 is 14.0 Å². The molecule has 1 atom stereocenters. The number of halogens is 1. The molecule has 0 bridgehead atoms. The number of nitrogens with one attached hydrogen (secondary N) is 3. The highest BCUT2D eigenvalue weighted by Crippen LogP contribution is 2.10. The average Bonchev–Trinajstić information content (AvgIpc) is 2.55. The number of carbonyl (C=O) groups is 2. The molecule has 0 saturated carbocycles. The van der Waals surface area contributed by atoms with E-state index in [0.717, 1.165) is 18.1 Å². The van der Waals surface area contributed by atoms with Crippen LogP contribution in [0.15, 0.2) is 18.2 Å². The number of hydrogen-bond acceptors (Lipinski definition) is 4. The van der Waals surface area contributed by atoms with Gasteiger partial charge in [-0.15, -0.1) is 0 Å². The first-order chi connectivity index (χ1) is 11.1. The van der Waals surface area contributed by atoms with Gasteiger partial charge in [-0.1, -0.05) is 6.07 Å². The second kappa shape index (κ2) is 8.88. The Kier molecular flexibility index (Phi) is 6.85. The standard InChI is InChI=1S/C16H22FN3O2S/c1-11-2-3-12(8-14(11)17)16(22)20-5-4-19-15(21)9-13-10-23-7-6-18-13/h2-3,8,13,18H,4-7,9-10H2,1H3,(H,19,21)(H,20,22). The fraction of sp³-hybridized carbons (Fsp3) is 0.500. The third kappa shape index (κ3) is 5.84. The molecule has 2 amide bonds. The lowest BCUT2D eigenvalue weighted by Gasteiger charge is -2.22. The number of benzene rings is 1. The molecule has 0 spiro atoms. The number of aryl methyl sites for hydroxylation is 1. The number of carbonyl (C=O) groups excluding carboxylic acids is 2. The van der Waals surface area contributed by atoms with Crippen molar-refractivity contribution in [2.24, 2.45) is 0 Å². The van der Waals surface area contributed by atoms with Gasteiger partial charge in [0.05, 0.1) is 0 Å². The molecule has 1 saturated heterocycles. The average molecular weight is 339 g/mol. The zero-order chi connectivity index (χ0) is 16.7. The highest BCUT2D eigenvalue weighted by atomic mass is 32.2. The molecule has 0 aliphatic carbocycles. The molecule has 5 nitrogen and oxygen atoms in total. The second-order valence-corrected chi connectivity index (χ2v) is 6.65. The number of hydrogen-bond donors (Lipinski definition) is 3. The molecular weight excluding hydrogens is 317 g/mol. The van der Waals surface area contributed by atoms with Crippen molar-refractivity contribution in [2.45, 2.75) is 19.4 Å². The molecule has 3 N–H and O–H groups in total. The minimum Gasteiger partial charge on any atom is -0.354 e. The van der Waals surface area contributed by atoms with E-state index in [0.29, 0.717) is 25.1 Å². The first-order valence-electron chi connectivity index (χ1n) is 7.68. The van der Waals surface area contributed by atoms with Gasteiger partial charge in [-0.05, 0) is 24.6 Å². The molecule has 1 unspecified atom stereocenters. The molecule has 23 heavy (non-hydrogen) atoms. The first-order valence-corrected chi connectivity index (χ1v) is 8.84. The van der Waals surface area contributed by atoms with E-state index in [1.54, 1.807) is 19.1 Å². The maximum atomic E-state index is 13.4. The van der Waals surface area contributed by atoms with Crippen molar-refractivity contribution in [3.63, 3.8) is 0 Å². The van der Waals surface area contributed by atoms with Crippen LogP contribution in [0.25, 0.3) is 0 Å². The SMILES string of the molecule is Cc1ccc(C(=O)NCCNC(=O)CC2CSCCN2)cc1F. The lowest BCUT2D eigenvalue weighted by molar-refractivity contribution is -0.121. The second-order valence-electron chi connectivity index (χ2n) is 5.50. The summed E-state index contributed by atoms with van der Waals surface area (Å²) in [5.74, 6) is 1.26. The molecule has 0 radical (unpaired) electrons. The van der Waals surface area contributed by atoms with Crippen LogP contribution in [0.1, 0.15) is 22.3 Å². The maximum absolute atomic E-state index is 13.4. The Labute approximate surface area is 139 Å². The molecule has 1 aliphatic rings. The molecule has 1 fully saturated rings. The molecular formula is C16H22FN3O2S. The lowest BCUT2D eigenvalue weighted by atomic mass is 10.1. The molecule has 126 valence electrons. The summed E-state index contributed by atoms with van der Waals surface area (Å²) in [5.41, 5.74) is 0.783. The van der Waals surface area contributed by atoms with Crippen LogP contribution in [0.3, 0.4) is 0 Å². The van der Waals surface area contributed by atoms with E-state index in [-0.39, 0.29) is 23.4 Å². The van der Waals surface area contributed by atoms with Gasteiger partial charge in [0, 0.05) is 49.2 Å². The van der Waals surface area contributed by atoms with Gasteiger partial charge in [0.1, 0.15) is 5.82 Å². The van der Waals surface area contributed by atoms with E-state index in [1.807, 2.05) is 11.8 Å².